The van der Waals surface area contributed by atoms with Crippen LogP contribution in [0.2, 0.25) is 0 Å². The zero-order chi connectivity index (χ0) is 11.3. The molecule has 0 aromatic rings. The summed E-state index contributed by atoms with van der Waals surface area (Å²) in [4.78, 5) is 2.64. The fourth-order valence-corrected chi connectivity index (χ4v) is 2.83. The second kappa shape index (κ2) is 5.86. The average molecular weight is 213 g/mol. The van der Waals surface area contributed by atoms with Gasteiger partial charge in [0, 0.05) is 18.7 Å². The van der Waals surface area contributed by atoms with Crippen LogP contribution < -0.4 is 0 Å². The van der Waals surface area contributed by atoms with Crippen molar-refractivity contribution in [1.29, 1.82) is 0 Å². The van der Waals surface area contributed by atoms with Crippen LogP contribution in [-0.4, -0.2) is 35.2 Å². The van der Waals surface area contributed by atoms with Gasteiger partial charge in [-0.1, -0.05) is 19.8 Å². The quantitative estimate of drug-likeness (QED) is 0.686. The predicted octanol–water partition coefficient (Wildman–Crippen LogP) is 2.66. The van der Waals surface area contributed by atoms with Gasteiger partial charge in [0.05, 0.1) is 0 Å². The summed E-state index contributed by atoms with van der Waals surface area (Å²) in [5.41, 5.74) is 0.413. The van der Waals surface area contributed by atoms with Crippen molar-refractivity contribution in [2.24, 2.45) is 5.92 Å². The number of rotatable bonds is 6. The van der Waals surface area contributed by atoms with Crippen molar-refractivity contribution >= 4 is 0 Å². The Morgan fingerprint density at radius 3 is 2.40 bits per heavy atom. The van der Waals surface area contributed by atoms with Crippen LogP contribution in [-0.2, 0) is 0 Å². The Morgan fingerprint density at radius 2 is 1.87 bits per heavy atom. The number of likely N-dealkylation sites (tertiary alicyclic amines) is 1. The number of aliphatic hydroxyl groups is 1. The fourth-order valence-electron chi connectivity index (χ4n) is 2.83. The number of aliphatic hydroxyl groups excluding tert-OH is 1. The van der Waals surface area contributed by atoms with Crippen molar-refractivity contribution in [1.82, 2.24) is 4.90 Å². The van der Waals surface area contributed by atoms with E-state index in [-0.39, 0.29) is 0 Å². The van der Waals surface area contributed by atoms with E-state index in [0.717, 1.165) is 12.3 Å². The van der Waals surface area contributed by atoms with Crippen LogP contribution in [0.1, 0.15) is 52.9 Å². The van der Waals surface area contributed by atoms with Crippen LogP contribution in [0.15, 0.2) is 0 Å². The topological polar surface area (TPSA) is 23.5 Å². The molecule has 15 heavy (non-hydrogen) atoms. The molecule has 0 spiro atoms. The van der Waals surface area contributed by atoms with Gasteiger partial charge >= 0.3 is 0 Å². The first-order valence-electron chi connectivity index (χ1n) is 6.42. The SMILES string of the molecule is C[C@H]1CN(CCCCCCO)C(C)(C)C1. The average Bonchev–Trinajstić information content (AvgIpc) is 2.39. The Hall–Kier alpha value is -0.0800. The normalized spacial score (nSPS) is 26.0. The monoisotopic (exact) mass is 213 g/mol. The van der Waals surface area contributed by atoms with Crippen LogP contribution in [0, 0.1) is 5.92 Å². The molecule has 0 amide bonds. The first kappa shape index (κ1) is 13.0. The van der Waals surface area contributed by atoms with E-state index < -0.39 is 0 Å². The Bertz CT molecular complexity index is 179. The molecule has 0 aromatic heterocycles. The molecule has 1 N–H and O–H groups in total. The minimum Gasteiger partial charge on any atom is -0.396 e. The zero-order valence-electron chi connectivity index (χ0n) is 10.6. The molecule has 2 heteroatoms. The fraction of sp³-hybridized carbons (Fsp3) is 1.00. The minimum absolute atomic E-state index is 0.353. The third-order valence-electron chi connectivity index (χ3n) is 3.57. The molecule has 2 nitrogen and oxygen atoms in total. The van der Waals surface area contributed by atoms with Crippen LogP contribution in [0.25, 0.3) is 0 Å². The summed E-state index contributed by atoms with van der Waals surface area (Å²) in [5.74, 6) is 0.859. The molecular formula is C13H27NO. The smallest absolute Gasteiger partial charge is 0.0431 e. The van der Waals surface area contributed by atoms with Gasteiger partial charge < -0.3 is 5.11 Å². The molecule has 1 heterocycles. The standard InChI is InChI=1S/C13H27NO/c1-12-10-13(2,3)14(11-12)8-6-4-5-7-9-15/h12,15H,4-11H2,1-3H3/t12-/m1/s1. The zero-order valence-corrected chi connectivity index (χ0v) is 10.6. The maximum Gasteiger partial charge on any atom is 0.0431 e. The van der Waals surface area contributed by atoms with Gasteiger partial charge in [-0.3, -0.25) is 4.90 Å². The van der Waals surface area contributed by atoms with Gasteiger partial charge in [-0.05, 0) is 45.6 Å². The van der Waals surface area contributed by atoms with Gasteiger partial charge in [-0.15, -0.1) is 0 Å². The van der Waals surface area contributed by atoms with Crippen LogP contribution in [0.4, 0.5) is 0 Å². The van der Waals surface area contributed by atoms with Crippen molar-refractivity contribution in [3.8, 4) is 0 Å². The van der Waals surface area contributed by atoms with Crippen LogP contribution in [0.5, 0.6) is 0 Å². The molecule has 0 aromatic carbocycles. The van der Waals surface area contributed by atoms with E-state index in [0.29, 0.717) is 12.1 Å². The molecule has 0 saturated carbocycles. The van der Waals surface area contributed by atoms with Crippen LogP contribution >= 0.6 is 0 Å². The summed E-state index contributed by atoms with van der Waals surface area (Å²) in [6, 6.07) is 0. The molecule has 0 radical (unpaired) electrons. The molecule has 0 unspecified atom stereocenters. The molecule has 1 aliphatic rings. The Kier molecular flexibility index (Phi) is 5.07. The van der Waals surface area contributed by atoms with Crippen molar-refractivity contribution in [2.45, 2.75) is 58.4 Å². The van der Waals surface area contributed by atoms with E-state index in [9.17, 15) is 0 Å². The van der Waals surface area contributed by atoms with Gasteiger partial charge in [0.1, 0.15) is 0 Å². The third kappa shape index (κ3) is 4.12. The molecular weight excluding hydrogens is 186 g/mol. The van der Waals surface area contributed by atoms with Crippen molar-refractivity contribution < 1.29 is 5.11 Å². The second-order valence-corrected chi connectivity index (χ2v) is 5.71. The lowest BCUT2D eigenvalue weighted by Gasteiger charge is -2.31. The van der Waals surface area contributed by atoms with Gasteiger partial charge in [-0.25, -0.2) is 0 Å². The minimum atomic E-state index is 0.353. The number of hydrogen-bond donors (Lipinski definition) is 1. The molecule has 1 atom stereocenters. The number of unbranched alkanes of at least 4 members (excludes halogenated alkanes) is 3. The maximum absolute atomic E-state index is 8.68. The predicted molar refractivity (Wildman–Crippen MR) is 65.0 cm³/mol. The molecule has 0 bridgehead atoms. The summed E-state index contributed by atoms with van der Waals surface area (Å²) in [6.07, 6.45) is 6.04. The highest BCUT2D eigenvalue weighted by Gasteiger charge is 2.35. The first-order chi connectivity index (χ1) is 7.06. The van der Waals surface area contributed by atoms with Crippen molar-refractivity contribution in [3.63, 3.8) is 0 Å². The summed E-state index contributed by atoms with van der Waals surface area (Å²) in [7, 11) is 0. The Morgan fingerprint density at radius 1 is 1.20 bits per heavy atom. The van der Waals surface area contributed by atoms with Gasteiger partial charge in [0.15, 0.2) is 0 Å². The van der Waals surface area contributed by atoms with E-state index in [2.05, 4.69) is 25.7 Å². The summed E-state index contributed by atoms with van der Waals surface area (Å²) < 4.78 is 0. The maximum atomic E-state index is 8.68. The van der Waals surface area contributed by atoms with E-state index in [1.54, 1.807) is 0 Å². The summed E-state index contributed by atoms with van der Waals surface area (Å²) >= 11 is 0. The molecule has 90 valence electrons. The molecule has 1 rings (SSSR count). The van der Waals surface area contributed by atoms with Crippen LogP contribution in [0.3, 0.4) is 0 Å². The van der Waals surface area contributed by atoms with E-state index in [4.69, 9.17) is 5.11 Å². The van der Waals surface area contributed by atoms with E-state index in [1.165, 1.54) is 38.8 Å². The van der Waals surface area contributed by atoms with Gasteiger partial charge in [0.2, 0.25) is 0 Å². The third-order valence-corrected chi connectivity index (χ3v) is 3.57. The first-order valence-corrected chi connectivity index (χ1v) is 6.42. The molecule has 0 aliphatic carbocycles. The number of nitrogens with zero attached hydrogens (tertiary/aromatic N) is 1. The van der Waals surface area contributed by atoms with Gasteiger partial charge in [0.25, 0.3) is 0 Å². The van der Waals surface area contributed by atoms with E-state index >= 15 is 0 Å². The Labute approximate surface area is 94.7 Å². The largest absolute Gasteiger partial charge is 0.396 e. The van der Waals surface area contributed by atoms with Crippen molar-refractivity contribution in [3.05, 3.63) is 0 Å². The van der Waals surface area contributed by atoms with E-state index in [1.807, 2.05) is 0 Å². The molecule has 1 saturated heterocycles. The second-order valence-electron chi connectivity index (χ2n) is 5.71. The molecule has 1 fully saturated rings. The highest BCUT2D eigenvalue weighted by Crippen LogP contribution is 2.32. The highest BCUT2D eigenvalue weighted by molar-refractivity contribution is 4.90. The Balaban J connectivity index is 2.15. The number of hydrogen-bond acceptors (Lipinski definition) is 2. The van der Waals surface area contributed by atoms with Crippen molar-refractivity contribution in [2.75, 3.05) is 19.7 Å². The lowest BCUT2D eigenvalue weighted by atomic mass is 9.97. The summed E-state index contributed by atoms with van der Waals surface area (Å²) in [5, 5.41) is 8.68. The van der Waals surface area contributed by atoms with Gasteiger partial charge in [-0.2, -0.15) is 0 Å². The lowest BCUT2D eigenvalue weighted by molar-refractivity contribution is 0.170. The lowest BCUT2D eigenvalue weighted by Crippen LogP contribution is -2.38. The molecule has 1 aliphatic heterocycles. The highest BCUT2D eigenvalue weighted by atomic mass is 16.2. The summed E-state index contributed by atoms with van der Waals surface area (Å²) in [6.45, 7) is 9.95.